The second kappa shape index (κ2) is 4.13. The molecule has 6 heteroatoms. The minimum absolute atomic E-state index is 0.927. The third-order valence-electron chi connectivity index (χ3n) is 1.13. The lowest BCUT2D eigenvalue weighted by molar-refractivity contribution is -0.181. The Bertz CT molecular complexity index is 110. The Hall–Kier alpha value is -0.0000000000000000555. The van der Waals surface area contributed by atoms with E-state index in [4.69, 9.17) is 0 Å². The highest BCUT2D eigenvalue weighted by molar-refractivity contribution is 7.80. The molecule has 2 atom stereocenters. The van der Waals surface area contributed by atoms with Crippen LogP contribution in [0, 0.1) is 5.92 Å². The predicted octanol–water partition coefficient (Wildman–Crippen LogP) is 2.75. The maximum absolute atomic E-state index is 11.9. The molecule has 68 valence electrons. The number of hydrogen-bond donors (Lipinski definition) is 1. The van der Waals surface area contributed by atoms with Gasteiger partial charge in [0.2, 0.25) is 0 Å². The molecule has 0 amide bonds. The summed E-state index contributed by atoms with van der Waals surface area (Å²) in [6.07, 6.45) is -5.59. The monoisotopic (exact) mass is 194 g/mol. The van der Waals surface area contributed by atoms with Gasteiger partial charge in [0.15, 0.2) is 0 Å². The molecule has 0 saturated carbocycles. The van der Waals surface area contributed by atoms with Crippen LogP contribution in [0.25, 0.3) is 0 Å². The quantitative estimate of drug-likeness (QED) is 0.518. The van der Waals surface area contributed by atoms with Crippen LogP contribution in [0.4, 0.5) is 22.0 Å². The molecule has 0 spiro atoms. The topological polar surface area (TPSA) is 0 Å². The number of rotatable bonds is 3. The second-order valence-electron chi connectivity index (χ2n) is 2.06. The van der Waals surface area contributed by atoms with Gasteiger partial charge in [-0.25, -0.2) is 4.39 Å². The molecular weight excluding hydrogens is 187 g/mol. The van der Waals surface area contributed by atoms with Gasteiger partial charge in [-0.3, -0.25) is 4.39 Å². The summed E-state index contributed by atoms with van der Waals surface area (Å²) >= 11 is 3.09. The number of halogens is 5. The summed E-state index contributed by atoms with van der Waals surface area (Å²) in [6.45, 7) is -1.59. The van der Waals surface area contributed by atoms with Crippen LogP contribution in [0.3, 0.4) is 0 Å². The van der Waals surface area contributed by atoms with Crippen molar-refractivity contribution in [1.29, 1.82) is 0 Å². The van der Waals surface area contributed by atoms with E-state index in [0.29, 0.717) is 0 Å². The lowest BCUT2D eigenvalue weighted by atomic mass is 10.1. The standard InChI is InChI=1S/C5H7F5S/c6-2-3(1-4(7)11)5(8,9)10/h3-4,11H,1-2H2. The van der Waals surface area contributed by atoms with Crippen molar-refractivity contribution in [3.8, 4) is 0 Å². The molecule has 11 heavy (non-hydrogen) atoms. The van der Waals surface area contributed by atoms with E-state index in [9.17, 15) is 22.0 Å². The summed E-state index contributed by atoms with van der Waals surface area (Å²) in [5.74, 6) is -2.23. The van der Waals surface area contributed by atoms with Crippen LogP contribution in [0.2, 0.25) is 0 Å². The Labute approximate surface area is 66.2 Å². The summed E-state index contributed by atoms with van der Waals surface area (Å²) in [5.41, 5.74) is -1.92. The Balaban J connectivity index is 3.96. The van der Waals surface area contributed by atoms with Gasteiger partial charge in [-0.2, -0.15) is 13.2 Å². The van der Waals surface area contributed by atoms with Crippen LogP contribution >= 0.6 is 12.6 Å². The Morgan fingerprint density at radius 1 is 1.27 bits per heavy atom. The van der Waals surface area contributed by atoms with E-state index in [1.165, 1.54) is 0 Å². The lowest BCUT2D eigenvalue weighted by Gasteiger charge is -2.16. The van der Waals surface area contributed by atoms with Crippen LogP contribution in [0.15, 0.2) is 0 Å². The van der Waals surface area contributed by atoms with E-state index in [0.717, 1.165) is 0 Å². The van der Waals surface area contributed by atoms with E-state index in [-0.39, 0.29) is 0 Å². The van der Waals surface area contributed by atoms with Gasteiger partial charge < -0.3 is 0 Å². The first kappa shape index (κ1) is 11.0. The molecule has 0 aliphatic heterocycles. The molecular formula is C5H7F5S. The largest absolute Gasteiger partial charge is 0.394 e. The van der Waals surface area contributed by atoms with Gasteiger partial charge in [0.1, 0.15) is 12.2 Å². The summed E-state index contributed by atoms with van der Waals surface area (Å²) in [4.78, 5) is 0. The van der Waals surface area contributed by atoms with Crippen molar-refractivity contribution >= 4 is 12.6 Å². The number of hydrogen-bond acceptors (Lipinski definition) is 1. The van der Waals surface area contributed by atoms with Crippen LogP contribution in [0.5, 0.6) is 0 Å². The molecule has 0 saturated heterocycles. The zero-order chi connectivity index (χ0) is 9.07. The van der Waals surface area contributed by atoms with Gasteiger partial charge in [-0.05, 0) is 0 Å². The molecule has 0 nitrogen and oxygen atoms in total. The van der Waals surface area contributed by atoms with E-state index in [1.54, 1.807) is 0 Å². The van der Waals surface area contributed by atoms with Crippen molar-refractivity contribution in [3.63, 3.8) is 0 Å². The maximum Gasteiger partial charge on any atom is 0.394 e. The summed E-state index contributed by atoms with van der Waals surface area (Å²) in [6, 6.07) is 0. The smallest absolute Gasteiger partial charge is 0.250 e. The molecule has 0 aromatic heterocycles. The summed E-state index contributed by atoms with van der Waals surface area (Å²) in [7, 11) is 0. The first-order valence-electron chi connectivity index (χ1n) is 2.82. The summed E-state index contributed by atoms with van der Waals surface area (Å²) in [5, 5.41) is 0. The molecule has 0 fully saturated rings. The molecule has 0 N–H and O–H groups in total. The van der Waals surface area contributed by atoms with Gasteiger partial charge in [0.05, 0.1) is 5.92 Å². The molecule has 0 rings (SSSR count). The molecule has 0 aromatic carbocycles. The van der Waals surface area contributed by atoms with E-state index in [1.807, 2.05) is 0 Å². The highest BCUT2D eigenvalue weighted by atomic mass is 32.1. The number of alkyl halides is 5. The zero-order valence-electron chi connectivity index (χ0n) is 5.41. The van der Waals surface area contributed by atoms with Crippen LogP contribution in [-0.2, 0) is 0 Å². The van der Waals surface area contributed by atoms with E-state index in [2.05, 4.69) is 12.6 Å². The summed E-state index contributed by atoms with van der Waals surface area (Å²) < 4.78 is 58.4. The molecule has 2 unspecified atom stereocenters. The van der Waals surface area contributed by atoms with Gasteiger partial charge in [-0.15, -0.1) is 12.6 Å². The predicted molar refractivity (Wildman–Crippen MR) is 34.0 cm³/mol. The van der Waals surface area contributed by atoms with Gasteiger partial charge in [0.25, 0.3) is 0 Å². The lowest BCUT2D eigenvalue weighted by Crippen LogP contribution is -2.26. The maximum atomic E-state index is 11.9. The Morgan fingerprint density at radius 3 is 1.82 bits per heavy atom. The van der Waals surface area contributed by atoms with Crippen LogP contribution in [-0.4, -0.2) is 18.4 Å². The SMILES string of the molecule is FCC(CC(F)S)C(F)(F)F. The van der Waals surface area contributed by atoms with Gasteiger partial charge in [-0.1, -0.05) is 0 Å². The molecule has 0 bridgehead atoms. The third kappa shape index (κ3) is 4.44. The molecule has 0 aromatic rings. The first-order valence-corrected chi connectivity index (χ1v) is 3.34. The molecule has 0 aliphatic carbocycles. The van der Waals surface area contributed by atoms with E-state index < -0.39 is 30.7 Å². The van der Waals surface area contributed by atoms with Gasteiger partial charge >= 0.3 is 6.18 Å². The van der Waals surface area contributed by atoms with Crippen LogP contribution in [0.1, 0.15) is 6.42 Å². The fourth-order valence-corrected chi connectivity index (χ4v) is 0.773. The van der Waals surface area contributed by atoms with Crippen molar-refractivity contribution in [1.82, 2.24) is 0 Å². The van der Waals surface area contributed by atoms with Crippen LogP contribution < -0.4 is 0 Å². The van der Waals surface area contributed by atoms with Crippen molar-refractivity contribution in [3.05, 3.63) is 0 Å². The minimum Gasteiger partial charge on any atom is -0.250 e. The van der Waals surface area contributed by atoms with Crippen molar-refractivity contribution in [2.24, 2.45) is 5.92 Å². The van der Waals surface area contributed by atoms with Gasteiger partial charge in [0, 0.05) is 6.42 Å². The average Bonchev–Trinajstić information content (AvgIpc) is 1.79. The normalized spacial score (nSPS) is 18.0. The molecule has 0 heterocycles. The van der Waals surface area contributed by atoms with Crippen molar-refractivity contribution in [2.45, 2.75) is 18.1 Å². The Kier molecular flexibility index (Phi) is 4.13. The minimum atomic E-state index is -4.66. The highest BCUT2D eigenvalue weighted by Crippen LogP contribution is 2.31. The van der Waals surface area contributed by atoms with Crippen molar-refractivity contribution < 1.29 is 22.0 Å². The fraction of sp³-hybridized carbons (Fsp3) is 1.00. The Morgan fingerprint density at radius 2 is 1.73 bits per heavy atom. The third-order valence-corrected chi connectivity index (χ3v) is 1.34. The average molecular weight is 194 g/mol. The van der Waals surface area contributed by atoms with Crippen molar-refractivity contribution in [2.75, 3.05) is 6.67 Å². The molecule has 0 aliphatic rings. The molecule has 0 radical (unpaired) electrons. The second-order valence-corrected chi connectivity index (χ2v) is 2.62. The first-order chi connectivity index (χ1) is 4.88. The zero-order valence-corrected chi connectivity index (χ0v) is 6.30. The fourth-order valence-electron chi connectivity index (χ4n) is 0.519. The highest BCUT2D eigenvalue weighted by Gasteiger charge is 2.40. The van der Waals surface area contributed by atoms with E-state index >= 15 is 0 Å². The number of thiol groups is 1.